The summed E-state index contributed by atoms with van der Waals surface area (Å²) in [5.41, 5.74) is 2.11. The van der Waals surface area contributed by atoms with Crippen LogP contribution in [-0.2, 0) is 13.1 Å². The van der Waals surface area contributed by atoms with Gasteiger partial charge in [-0.25, -0.2) is 0 Å². The number of nitrogens with one attached hydrogen (secondary N) is 1. The van der Waals surface area contributed by atoms with Crippen LogP contribution in [0.5, 0.6) is 0 Å². The Hall–Kier alpha value is -1.83. The van der Waals surface area contributed by atoms with Gasteiger partial charge in [-0.3, -0.25) is 9.67 Å². The number of hydrogen-bond acceptors (Lipinski definition) is 6. The van der Waals surface area contributed by atoms with Crippen LogP contribution in [-0.4, -0.2) is 48.4 Å². The summed E-state index contributed by atoms with van der Waals surface area (Å²) >= 11 is 0. The Morgan fingerprint density at radius 1 is 1.25 bits per heavy atom. The van der Waals surface area contributed by atoms with Crippen LogP contribution in [0.25, 0.3) is 0 Å². The molecule has 2 aromatic rings. The van der Waals surface area contributed by atoms with E-state index in [2.05, 4.69) is 20.6 Å². The first-order chi connectivity index (χ1) is 11.7. The van der Waals surface area contributed by atoms with E-state index in [1.54, 1.807) is 17.1 Å². The molecular formula is C17H23N5O2. The van der Waals surface area contributed by atoms with Crippen LogP contribution in [0, 0.1) is 5.92 Å². The van der Waals surface area contributed by atoms with Gasteiger partial charge in [-0.15, -0.1) is 5.10 Å². The Morgan fingerprint density at radius 3 is 2.88 bits per heavy atom. The molecule has 2 fully saturated rings. The highest BCUT2D eigenvalue weighted by atomic mass is 16.3. The molecule has 2 aliphatic carbocycles. The van der Waals surface area contributed by atoms with Gasteiger partial charge in [0.25, 0.3) is 0 Å². The normalized spacial score (nSPS) is 29.9. The van der Waals surface area contributed by atoms with E-state index in [-0.39, 0.29) is 12.0 Å². The zero-order valence-corrected chi connectivity index (χ0v) is 13.5. The lowest BCUT2D eigenvalue weighted by molar-refractivity contribution is 0.00722. The van der Waals surface area contributed by atoms with Crippen LogP contribution in [0.1, 0.15) is 36.4 Å². The van der Waals surface area contributed by atoms with Crippen molar-refractivity contribution in [3.05, 3.63) is 42.0 Å². The largest absolute Gasteiger partial charge is 0.390 e. The van der Waals surface area contributed by atoms with Crippen molar-refractivity contribution in [2.24, 2.45) is 5.92 Å². The molecule has 4 rings (SSSR count). The molecule has 0 bridgehead atoms. The summed E-state index contributed by atoms with van der Waals surface area (Å²) in [6, 6.07) is 3.75. The molecule has 0 radical (unpaired) electrons. The molecule has 2 aromatic heterocycles. The molecule has 2 aliphatic rings. The average molecular weight is 329 g/mol. The fourth-order valence-electron chi connectivity index (χ4n) is 3.47. The van der Waals surface area contributed by atoms with Gasteiger partial charge in [-0.1, -0.05) is 11.3 Å². The first kappa shape index (κ1) is 15.7. The first-order valence-corrected chi connectivity index (χ1v) is 8.59. The van der Waals surface area contributed by atoms with E-state index in [0.29, 0.717) is 25.4 Å². The molecule has 24 heavy (non-hydrogen) atoms. The third kappa shape index (κ3) is 3.33. The third-order valence-electron chi connectivity index (χ3n) is 5.07. The predicted molar refractivity (Wildman–Crippen MR) is 87.0 cm³/mol. The van der Waals surface area contributed by atoms with Crippen LogP contribution >= 0.6 is 0 Å². The monoisotopic (exact) mass is 329 g/mol. The Kier molecular flexibility index (Phi) is 4.30. The van der Waals surface area contributed by atoms with Gasteiger partial charge in [0.05, 0.1) is 17.9 Å². The van der Waals surface area contributed by atoms with Crippen molar-refractivity contribution in [2.45, 2.75) is 56.5 Å². The van der Waals surface area contributed by atoms with Gasteiger partial charge in [-0.05, 0) is 30.9 Å². The predicted octanol–water partition coefficient (Wildman–Crippen LogP) is 0.451. The second-order valence-corrected chi connectivity index (χ2v) is 6.97. The van der Waals surface area contributed by atoms with Crippen LogP contribution in [0.4, 0.5) is 0 Å². The minimum atomic E-state index is -0.766. The summed E-state index contributed by atoms with van der Waals surface area (Å²) in [5.74, 6) is 0.548. The highest BCUT2D eigenvalue weighted by Gasteiger charge is 2.41. The molecule has 3 N–H and O–H groups in total. The van der Waals surface area contributed by atoms with Gasteiger partial charge in [0.1, 0.15) is 0 Å². The molecule has 0 amide bonds. The second-order valence-electron chi connectivity index (χ2n) is 6.97. The van der Waals surface area contributed by atoms with Crippen molar-refractivity contribution < 1.29 is 10.2 Å². The van der Waals surface area contributed by atoms with E-state index in [4.69, 9.17) is 0 Å². The lowest BCUT2D eigenvalue weighted by Gasteiger charge is -2.18. The zero-order chi connectivity index (χ0) is 16.5. The van der Waals surface area contributed by atoms with Crippen molar-refractivity contribution in [3.8, 4) is 0 Å². The Bertz CT molecular complexity index is 673. The molecule has 128 valence electrons. The molecule has 4 unspecified atom stereocenters. The van der Waals surface area contributed by atoms with Crippen LogP contribution in [0.3, 0.4) is 0 Å². The first-order valence-electron chi connectivity index (χ1n) is 8.59. The van der Waals surface area contributed by atoms with E-state index in [1.807, 2.05) is 18.3 Å². The highest BCUT2D eigenvalue weighted by Crippen LogP contribution is 2.38. The van der Waals surface area contributed by atoms with E-state index in [0.717, 1.165) is 11.3 Å². The van der Waals surface area contributed by atoms with Crippen LogP contribution in [0.15, 0.2) is 30.7 Å². The van der Waals surface area contributed by atoms with Gasteiger partial charge in [-0.2, -0.15) is 0 Å². The summed E-state index contributed by atoms with van der Waals surface area (Å²) in [5, 5.41) is 32.4. The second kappa shape index (κ2) is 6.58. The van der Waals surface area contributed by atoms with Gasteiger partial charge in [0.2, 0.25) is 0 Å². The van der Waals surface area contributed by atoms with E-state index < -0.39 is 12.2 Å². The molecule has 7 heteroatoms. The lowest BCUT2D eigenvalue weighted by atomic mass is 10.1. The number of aromatic nitrogens is 4. The molecular weight excluding hydrogens is 306 g/mol. The summed E-state index contributed by atoms with van der Waals surface area (Å²) < 4.78 is 1.80. The van der Waals surface area contributed by atoms with E-state index in [9.17, 15) is 10.2 Å². The Labute approximate surface area is 140 Å². The maximum absolute atomic E-state index is 10.4. The van der Waals surface area contributed by atoms with Crippen molar-refractivity contribution in [2.75, 3.05) is 0 Å². The SMILES string of the molecule is OC1C(Cn2cc(C3CC3)nn2)CC(NCc2cccnc2)C1O. The number of rotatable bonds is 6. The van der Waals surface area contributed by atoms with Crippen molar-refractivity contribution >= 4 is 0 Å². The standard InChI is InChI=1S/C17H23N5O2/c23-16-13(9-22-10-15(20-21-22)12-3-4-12)6-14(17(16)24)19-8-11-2-1-5-18-7-11/h1-2,5,7,10,12-14,16-17,19,23-24H,3-4,6,8-9H2. The summed E-state index contributed by atoms with van der Waals surface area (Å²) in [7, 11) is 0. The van der Waals surface area contributed by atoms with Crippen molar-refractivity contribution in [3.63, 3.8) is 0 Å². The fourth-order valence-corrected chi connectivity index (χ4v) is 3.47. The summed E-state index contributed by atoms with van der Waals surface area (Å²) in [6.45, 7) is 1.22. The Morgan fingerprint density at radius 2 is 2.12 bits per heavy atom. The quantitative estimate of drug-likeness (QED) is 0.712. The zero-order valence-electron chi connectivity index (χ0n) is 13.5. The molecule has 0 saturated heterocycles. The molecule has 0 spiro atoms. The molecule has 0 aliphatic heterocycles. The van der Waals surface area contributed by atoms with Crippen molar-refractivity contribution in [1.29, 1.82) is 0 Å². The van der Waals surface area contributed by atoms with E-state index >= 15 is 0 Å². The smallest absolute Gasteiger partial charge is 0.0955 e. The molecule has 0 aromatic carbocycles. The fraction of sp³-hybridized carbons (Fsp3) is 0.588. The molecule has 2 saturated carbocycles. The van der Waals surface area contributed by atoms with Gasteiger partial charge < -0.3 is 15.5 Å². The average Bonchev–Trinajstić information content (AvgIpc) is 3.30. The van der Waals surface area contributed by atoms with Gasteiger partial charge >= 0.3 is 0 Å². The van der Waals surface area contributed by atoms with Crippen LogP contribution in [0.2, 0.25) is 0 Å². The summed E-state index contributed by atoms with van der Waals surface area (Å²) in [4.78, 5) is 4.09. The summed E-state index contributed by atoms with van der Waals surface area (Å²) in [6.07, 6.45) is 7.11. The molecule has 2 heterocycles. The van der Waals surface area contributed by atoms with Gasteiger partial charge in [0.15, 0.2) is 0 Å². The maximum atomic E-state index is 10.4. The molecule has 4 atom stereocenters. The lowest BCUT2D eigenvalue weighted by Crippen LogP contribution is -2.39. The van der Waals surface area contributed by atoms with Gasteiger partial charge in [0, 0.05) is 49.6 Å². The number of aliphatic hydroxyl groups is 2. The van der Waals surface area contributed by atoms with E-state index in [1.165, 1.54) is 12.8 Å². The van der Waals surface area contributed by atoms with Crippen molar-refractivity contribution in [1.82, 2.24) is 25.3 Å². The highest BCUT2D eigenvalue weighted by molar-refractivity contribution is 5.10. The molecule has 7 nitrogen and oxygen atoms in total. The number of pyridine rings is 1. The minimum Gasteiger partial charge on any atom is -0.390 e. The number of nitrogens with zero attached hydrogens (tertiary/aromatic N) is 4. The topological polar surface area (TPSA) is 96.1 Å². The minimum absolute atomic E-state index is 0.0276. The maximum Gasteiger partial charge on any atom is 0.0955 e. The number of hydrogen-bond donors (Lipinski definition) is 3. The Balaban J connectivity index is 1.34. The van der Waals surface area contributed by atoms with Crippen LogP contribution < -0.4 is 5.32 Å². The number of aliphatic hydroxyl groups excluding tert-OH is 2. The third-order valence-corrected chi connectivity index (χ3v) is 5.07.